The summed E-state index contributed by atoms with van der Waals surface area (Å²) in [6, 6.07) is 8.13. The second-order valence-corrected chi connectivity index (χ2v) is 7.12. The minimum Gasteiger partial charge on any atom is -0.384 e. The van der Waals surface area contributed by atoms with Gasteiger partial charge in [0.15, 0.2) is 0 Å². The van der Waals surface area contributed by atoms with Crippen LogP contribution in [-0.2, 0) is 9.47 Å². The molecular formula is C19H26N2O3. The highest BCUT2D eigenvalue weighted by Crippen LogP contribution is 2.44. The van der Waals surface area contributed by atoms with Crippen LogP contribution >= 0.6 is 0 Å². The third-order valence-corrected chi connectivity index (χ3v) is 5.78. The van der Waals surface area contributed by atoms with Crippen molar-refractivity contribution >= 4 is 11.6 Å². The van der Waals surface area contributed by atoms with Gasteiger partial charge in [0.25, 0.3) is 5.91 Å². The summed E-state index contributed by atoms with van der Waals surface area (Å²) in [5.41, 5.74) is 1.85. The molecule has 130 valence electrons. The molecule has 1 saturated carbocycles. The second kappa shape index (κ2) is 6.73. The zero-order valence-electron chi connectivity index (χ0n) is 14.2. The van der Waals surface area contributed by atoms with E-state index in [9.17, 15) is 4.79 Å². The smallest absolute Gasteiger partial charge is 0.253 e. The van der Waals surface area contributed by atoms with Crippen LogP contribution in [0.1, 0.15) is 29.6 Å². The summed E-state index contributed by atoms with van der Waals surface area (Å²) in [5, 5.41) is 3.28. The quantitative estimate of drug-likeness (QED) is 0.898. The first-order valence-electron chi connectivity index (χ1n) is 9.05. The van der Waals surface area contributed by atoms with E-state index in [0.29, 0.717) is 12.5 Å². The van der Waals surface area contributed by atoms with Crippen LogP contribution in [0.3, 0.4) is 0 Å². The predicted octanol–water partition coefficient (Wildman–Crippen LogP) is 2.07. The fourth-order valence-electron chi connectivity index (χ4n) is 4.56. The highest BCUT2D eigenvalue weighted by atomic mass is 16.5. The molecule has 5 heteroatoms. The molecule has 1 N–H and O–H groups in total. The molecule has 0 unspecified atom stereocenters. The monoisotopic (exact) mass is 330 g/mol. The SMILES string of the molecule is COC[C@H]1[C@H](NC(=O)c2ccccc2N2CCCC2)[C@H]2CCO[C@H]21. The molecule has 2 aliphatic heterocycles. The molecule has 1 aliphatic carbocycles. The van der Waals surface area contributed by atoms with Gasteiger partial charge in [-0.15, -0.1) is 0 Å². The largest absolute Gasteiger partial charge is 0.384 e. The van der Waals surface area contributed by atoms with Crippen LogP contribution < -0.4 is 10.2 Å². The standard InChI is InChI=1S/C19H26N2O3/c1-23-12-15-17(14-8-11-24-18(14)15)20-19(22)13-6-2-3-7-16(13)21-9-4-5-10-21/h2-3,6-7,14-15,17-18H,4-5,8-12H2,1H3,(H,20,22)/t14-,15+,17-,18-/m1/s1. The van der Waals surface area contributed by atoms with Gasteiger partial charge in [0.05, 0.1) is 18.3 Å². The van der Waals surface area contributed by atoms with E-state index in [0.717, 1.165) is 37.4 Å². The lowest BCUT2D eigenvalue weighted by atomic mass is 9.67. The molecule has 1 amide bonds. The number of nitrogens with zero attached hydrogens (tertiary/aromatic N) is 1. The van der Waals surface area contributed by atoms with Crippen molar-refractivity contribution in [3.63, 3.8) is 0 Å². The molecular weight excluding hydrogens is 304 g/mol. The number of rotatable bonds is 5. The van der Waals surface area contributed by atoms with Crippen LogP contribution in [0.4, 0.5) is 5.69 Å². The topological polar surface area (TPSA) is 50.8 Å². The molecule has 3 aliphatic rings. The molecule has 24 heavy (non-hydrogen) atoms. The molecule has 2 heterocycles. The number of amides is 1. The van der Waals surface area contributed by atoms with Gasteiger partial charge in [-0.3, -0.25) is 4.79 Å². The summed E-state index contributed by atoms with van der Waals surface area (Å²) in [5.74, 6) is 0.743. The van der Waals surface area contributed by atoms with Gasteiger partial charge in [-0.25, -0.2) is 0 Å². The van der Waals surface area contributed by atoms with Crippen molar-refractivity contribution in [2.75, 3.05) is 38.3 Å². The Morgan fingerprint density at radius 2 is 2.12 bits per heavy atom. The van der Waals surface area contributed by atoms with Crippen molar-refractivity contribution < 1.29 is 14.3 Å². The first-order chi connectivity index (χ1) is 11.8. The van der Waals surface area contributed by atoms with E-state index in [1.54, 1.807) is 7.11 Å². The Morgan fingerprint density at radius 1 is 1.33 bits per heavy atom. The lowest BCUT2D eigenvalue weighted by Crippen LogP contribution is -2.62. The maximum absolute atomic E-state index is 12.9. The first-order valence-corrected chi connectivity index (χ1v) is 9.05. The highest BCUT2D eigenvalue weighted by Gasteiger charge is 2.54. The fraction of sp³-hybridized carbons (Fsp3) is 0.632. The molecule has 1 aromatic carbocycles. The fourth-order valence-corrected chi connectivity index (χ4v) is 4.56. The van der Waals surface area contributed by atoms with E-state index < -0.39 is 0 Å². The molecule has 0 radical (unpaired) electrons. The zero-order chi connectivity index (χ0) is 16.5. The molecule has 4 atom stereocenters. The molecule has 1 aromatic rings. The maximum Gasteiger partial charge on any atom is 0.253 e. The summed E-state index contributed by atoms with van der Waals surface area (Å²) >= 11 is 0. The number of fused-ring (bicyclic) bond motifs is 1. The van der Waals surface area contributed by atoms with Crippen molar-refractivity contribution in [3.05, 3.63) is 29.8 Å². The van der Waals surface area contributed by atoms with Gasteiger partial charge < -0.3 is 19.7 Å². The van der Waals surface area contributed by atoms with Crippen molar-refractivity contribution in [2.24, 2.45) is 11.8 Å². The Morgan fingerprint density at radius 3 is 2.92 bits per heavy atom. The lowest BCUT2D eigenvalue weighted by Gasteiger charge is -2.47. The summed E-state index contributed by atoms with van der Waals surface area (Å²) in [6.07, 6.45) is 3.69. The number of benzene rings is 1. The third kappa shape index (κ3) is 2.70. The first kappa shape index (κ1) is 15.9. The summed E-state index contributed by atoms with van der Waals surface area (Å²) < 4.78 is 11.1. The number of carbonyl (C=O) groups is 1. The summed E-state index contributed by atoms with van der Waals surface area (Å²) in [6.45, 7) is 3.52. The minimum absolute atomic E-state index is 0.0361. The summed E-state index contributed by atoms with van der Waals surface area (Å²) in [7, 11) is 1.71. The molecule has 0 aromatic heterocycles. The molecule has 3 fully saturated rings. The molecule has 2 saturated heterocycles. The van der Waals surface area contributed by atoms with E-state index >= 15 is 0 Å². The van der Waals surface area contributed by atoms with Gasteiger partial charge >= 0.3 is 0 Å². The van der Waals surface area contributed by atoms with Crippen LogP contribution in [0.2, 0.25) is 0 Å². The second-order valence-electron chi connectivity index (χ2n) is 7.12. The van der Waals surface area contributed by atoms with Crippen molar-refractivity contribution in [1.29, 1.82) is 0 Å². The number of hydrogen-bond donors (Lipinski definition) is 1. The highest BCUT2D eigenvalue weighted by molar-refractivity contribution is 6.00. The number of methoxy groups -OCH3 is 1. The Kier molecular flexibility index (Phi) is 4.46. The number of nitrogens with one attached hydrogen (secondary N) is 1. The average Bonchev–Trinajstić information content (AvgIpc) is 3.27. The Hall–Kier alpha value is -1.59. The Bertz CT molecular complexity index is 600. The van der Waals surface area contributed by atoms with E-state index in [-0.39, 0.29) is 24.0 Å². The number of anilines is 1. The van der Waals surface area contributed by atoms with Gasteiger partial charge in [-0.05, 0) is 31.4 Å². The third-order valence-electron chi connectivity index (χ3n) is 5.78. The van der Waals surface area contributed by atoms with Crippen molar-refractivity contribution in [3.8, 4) is 0 Å². The van der Waals surface area contributed by atoms with Gasteiger partial charge in [-0.2, -0.15) is 0 Å². The minimum atomic E-state index is 0.0361. The van der Waals surface area contributed by atoms with Crippen molar-refractivity contribution in [2.45, 2.75) is 31.4 Å². The van der Waals surface area contributed by atoms with E-state index in [2.05, 4.69) is 16.3 Å². The molecule has 5 nitrogen and oxygen atoms in total. The van der Waals surface area contributed by atoms with Gasteiger partial charge in [0, 0.05) is 50.4 Å². The average molecular weight is 330 g/mol. The Balaban J connectivity index is 1.50. The van der Waals surface area contributed by atoms with Crippen LogP contribution in [0.25, 0.3) is 0 Å². The number of carbonyl (C=O) groups excluding carboxylic acids is 1. The van der Waals surface area contributed by atoms with Gasteiger partial charge in [0.2, 0.25) is 0 Å². The number of ether oxygens (including phenoxy) is 2. The number of para-hydroxylation sites is 1. The van der Waals surface area contributed by atoms with E-state index in [4.69, 9.17) is 9.47 Å². The van der Waals surface area contributed by atoms with E-state index in [1.807, 2.05) is 18.2 Å². The number of hydrogen-bond acceptors (Lipinski definition) is 4. The Labute approximate surface area is 143 Å². The van der Waals surface area contributed by atoms with Gasteiger partial charge in [-0.1, -0.05) is 12.1 Å². The van der Waals surface area contributed by atoms with Crippen LogP contribution in [0, 0.1) is 11.8 Å². The van der Waals surface area contributed by atoms with Crippen LogP contribution in [-0.4, -0.2) is 51.5 Å². The van der Waals surface area contributed by atoms with Crippen LogP contribution in [0.5, 0.6) is 0 Å². The van der Waals surface area contributed by atoms with E-state index in [1.165, 1.54) is 12.8 Å². The molecule has 0 bridgehead atoms. The van der Waals surface area contributed by atoms with Gasteiger partial charge in [0.1, 0.15) is 0 Å². The van der Waals surface area contributed by atoms with Crippen molar-refractivity contribution in [1.82, 2.24) is 5.32 Å². The maximum atomic E-state index is 12.9. The molecule has 4 rings (SSSR count). The summed E-state index contributed by atoms with van der Waals surface area (Å²) in [4.78, 5) is 15.3. The van der Waals surface area contributed by atoms with Crippen LogP contribution in [0.15, 0.2) is 24.3 Å². The zero-order valence-corrected chi connectivity index (χ0v) is 14.2. The lowest BCUT2D eigenvalue weighted by molar-refractivity contribution is -0.0809. The predicted molar refractivity (Wildman–Crippen MR) is 92.4 cm³/mol. The normalized spacial score (nSPS) is 31.6. The molecule has 0 spiro atoms.